The lowest BCUT2D eigenvalue weighted by Crippen LogP contribution is -2.34. The van der Waals surface area contributed by atoms with Crippen LogP contribution in [-0.2, 0) is 10.0 Å². The minimum Gasteiger partial charge on any atom is -0.395 e. The Morgan fingerprint density at radius 1 is 1.50 bits per heavy atom. The van der Waals surface area contributed by atoms with Gasteiger partial charge in [-0.3, -0.25) is 0 Å². The average Bonchev–Trinajstić information content (AvgIpc) is 2.32. The maximum Gasteiger partial charge on any atom is 0.244 e. The third kappa shape index (κ3) is 3.38. The number of sulfonamides is 1. The smallest absolute Gasteiger partial charge is 0.244 e. The van der Waals surface area contributed by atoms with Crippen molar-refractivity contribution >= 4 is 26.0 Å². The van der Waals surface area contributed by atoms with E-state index in [2.05, 4.69) is 22.5 Å². The second kappa shape index (κ2) is 6.42. The van der Waals surface area contributed by atoms with Gasteiger partial charge in [-0.05, 0) is 34.1 Å². The van der Waals surface area contributed by atoms with Crippen molar-refractivity contribution in [2.45, 2.75) is 4.90 Å². The standard InChI is InChI=1S/C11H13BrFNO3S/c1-2-5-14(6-7-15)18(16,17)11-8-9(13)3-4-10(11)12/h2-4,8,15H,1,5-7H2. The molecule has 0 atom stereocenters. The first kappa shape index (κ1) is 15.3. The predicted octanol–water partition coefficient (Wildman–Crippen LogP) is 1.76. The lowest BCUT2D eigenvalue weighted by atomic mass is 10.3. The minimum atomic E-state index is -3.86. The van der Waals surface area contributed by atoms with Crippen LogP contribution in [0.25, 0.3) is 0 Å². The van der Waals surface area contributed by atoms with E-state index in [9.17, 15) is 12.8 Å². The summed E-state index contributed by atoms with van der Waals surface area (Å²) in [5.41, 5.74) is 0. The molecule has 100 valence electrons. The number of hydrogen-bond acceptors (Lipinski definition) is 3. The lowest BCUT2D eigenvalue weighted by molar-refractivity contribution is 0.260. The van der Waals surface area contributed by atoms with Crippen LogP contribution < -0.4 is 0 Å². The van der Waals surface area contributed by atoms with Crippen LogP contribution in [0, 0.1) is 5.82 Å². The fraction of sp³-hybridized carbons (Fsp3) is 0.273. The molecule has 0 heterocycles. The van der Waals surface area contributed by atoms with E-state index in [-0.39, 0.29) is 29.1 Å². The summed E-state index contributed by atoms with van der Waals surface area (Å²) < 4.78 is 39.0. The molecule has 0 spiro atoms. The molecule has 0 amide bonds. The molecule has 4 nitrogen and oxygen atoms in total. The molecule has 18 heavy (non-hydrogen) atoms. The van der Waals surface area contributed by atoms with E-state index in [4.69, 9.17) is 5.11 Å². The molecular formula is C11H13BrFNO3S. The zero-order chi connectivity index (χ0) is 13.8. The van der Waals surface area contributed by atoms with Crippen LogP contribution in [0.2, 0.25) is 0 Å². The van der Waals surface area contributed by atoms with Crippen molar-refractivity contribution in [3.05, 3.63) is 41.1 Å². The van der Waals surface area contributed by atoms with E-state index >= 15 is 0 Å². The first-order valence-corrected chi connectivity index (χ1v) is 7.33. The molecule has 0 unspecified atom stereocenters. The van der Waals surface area contributed by atoms with Crippen LogP contribution in [0.15, 0.2) is 40.2 Å². The van der Waals surface area contributed by atoms with Crippen molar-refractivity contribution in [1.29, 1.82) is 0 Å². The van der Waals surface area contributed by atoms with Crippen LogP contribution in [0.5, 0.6) is 0 Å². The van der Waals surface area contributed by atoms with Crippen molar-refractivity contribution in [3.8, 4) is 0 Å². The number of halogens is 2. The van der Waals surface area contributed by atoms with Gasteiger partial charge in [0.05, 0.1) is 11.5 Å². The van der Waals surface area contributed by atoms with Gasteiger partial charge in [0, 0.05) is 17.6 Å². The minimum absolute atomic E-state index is 0.0475. The van der Waals surface area contributed by atoms with Gasteiger partial charge in [0.2, 0.25) is 10.0 Å². The Hall–Kier alpha value is -0.760. The van der Waals surface area contributed by atoms with Crippen molar-refractivity contribution in [2.75, 3.05) is 19.7 Å². The molecule has 0 aliphatic heterocycles. The third-order valence-corrected chi connectivity index (χ3v) is 5.05. The molecule has 1 N–H and O–H groups in total. The summed E-state index contributed by atoms with van der Waals surface area (Å²) in [4.78, 5) is -0.169. The van der Waals surface area contributed by atoms with Gasteiger partial charge in [-0.25, -0.2) is 12.8 Å². The summed E-state index contributed by atoms with van der Waals surface area (Å²) in [7, 11) is -3.86. The van der Waals surface area contributed by atoms with Crippen LogP contribution in [-0.4, -0.2) is 37.5 Å². The van der Waals surface area contributed by atoms with Crippen LogP contribution in [0.1, 0.15) is 0 Å². The molecule has 0 radical (unpaired) electrons. The Labute approximate surface area is 114 Å². The molecule has 1 aromatic rings. The molecule has 1 rings (SSSR count). The summed E-state index contributed by atoms with van der Waals surface area (Å²) >= 11 is 3.08. The Morgan fingerprint density at radius 2 is 2.17 bits per heavy atom. The van der Waals surface area contributed by atoms with Crippen molar-refractivity contribution < 1.29 is 17.9 Å². The van der Waals surface area contributed by atoms with E-state index in [0.717, 1.165) is 16.4 Å². The highest BCUT2D eigenvalue weighted by molar-refractivity contribution is 9.10. The fourth-order valence-corrected chi connectivity index (χ4v) is 3.72. The molecule has 0 bridgehead atoms. The Kier molecular flexibility index (Phi) is 5.46. The highest BCUT2D eigenvalue weighted by atomic mass is 79.9. The van der Waals surface area contributed by atoms with E-state index < -0.39 is 15.8 Å². The third-order valence-electron chi connectivity index (χ3n) is 2.19. The Bertz CT molecular complexity index is 533. The SMILES string of the molecule is C=CCN(CCO)S(=O)(=O)c1cc(F)ccc1Br. The predicted molar refractivity (Wildman–Crippen MR) is 70.1 cm³/mol. The molecule has 0 fully saturated rings. The average molecular weight is 338 g/mol. The molecule has 0 saturated heterocycles. The summed E-state index contributed by atoms with van der Waals surface area (Å²) in [6, 6.07) is 3.42. The van der Waals surface area contributed by atoms with Crippen molar-refractivity contribution in [1.82, 2.24) is 4.31 Å². The number of rotatable bonds is 6. The fourth-order valence-electron chi connectivity index (χ4n) is 1.38. The van der Waals surface area contributed by atoms with Gasteiger partial charge in [-0.15, -0.1) is 6.58 Å². The Balaban J connectivity index is 3.25. The number of nitrogens with zero attached hydrogens (tertiary/aromatic N) is 1. The van der Waals surface area contributed by atoms with Gasteiger partial charge in [0.15, 0.2) is 0 Å². The van der Waals surface area contributed by atoms with E-state index in [1.165, 1.54) is 12.1 Å². The summed E-state index contributed by atoms with van der Waals surface area (Å²) in [6.45, 7) is 3.11. The van der Waals surface area contributed by atoms with Gasteiger partial charge < -0.3 is 5.11 Å². The molecule has 0 saturated carbocycles. The second-order valence-corrected chi connectivity index (χ2v) is 6.21. The molecular weight excluding hydrogens is 325 g/mol. The van der Waals surface area contributed by atoms with Crippen LogP contribution in [0.4, 0.5) is 4.39 Å². The number of aliphatic hydroxyl groups is 1. The lowest BCUT2D eigenvalue weighted by Gasteiger charge is -2.20. The summed E-state index contributed by atoms with van der Waals surface area (Å²) in [6.07, 6.45) is 1.40. The molecule has 0 aromatic heterocycles. The van der Waals surface area contributed by atoms with Crippen LogP contribution >= 0.6 is 15.9 Å². The monoisotopic (exact) mass is 337 g/mol. The van der Waals surface area contributed by atoms with Gasteiger partial charge in [-0.2, -0.15) is 4.31 Å². The molecule has 7 heteroatoms. The molecule has 1 aromatic carbocycles. The quantitative estimate of drug-likeness (QED) is 0.804. The topological polar surface area (TPSA) is 57.6 Å². The van der Waals surface area contributed by atoms with Crippen molar-refractivity contribution in [2.24, 2.45) is 0 Å². The van der Waals surface area contributed by atoms with Gasteiger partial charge in [-0.1, -0.05) is 6.08 Å². The maximum absolute atomic E-state index is 13.1. The van der Waals surface area contributed by atoms with Gasteiger partial charge >= 0.3 is 0 Å². The number of benzene rings is 1. The number of hydrogen-bond donors (Lipinski definition) is 1. The first-order chi connectivity index (χ1) is 8.43. The highest BCUT2D eigenvalue weighted by Crippen LogP contribution is 2.25. The van der Waals surface area contributed by atoms with E-state index in [0.29, 0.717) is 0 Å². The molecule has 0 aliphatic carbocycles. The summed E-state index contributed by atoms with van der Waals surface area (Å²) in [5, 5.41) is 8.87. The first-order valence-electron chi connectivity index (χ1n) is 5.10. The van der Waals surface area contributed by atoms with Crippen molar-refractivity contribution in [3.63, 3.8) is 0 Å². The normalized spacial score (nSPS) is 11.8. The highest BCUT2D eigenvalue weighted by Gasteiger charge is 2.25. The Morgan fingerprint density at radius 3 is 2.72 bits per heavy atom. The number of aliphatic hydroxyl groups excluding tert-OH is 1. The van der Waals surface area contributed by atoms with E-state index in [1.54, 1.807) is 0 Å². The largest absolute Gasteiger partial charge is 0.395 e. The summed E-state index contributed by atoms with van der Waals surface area (Å²) in [5.74, 6) is -0.640. The second-order valence-electron chi connectivity index (χ2n) is 3.45. The van der Waals surface area contributed by atoms with E-state index in [1.807, 2.05) is 0 Å². The van der Waals surface area contributed by atoms with Gasteiger partial charge in [0.25, 0.3) is 0 Å². The van der Waals surface area contributed by atoms with Crippen LogP contribution in [0.3, 0.4) is 0 Å². The maximum atomic E-state index is 13.1. The zero-order valence-electron chi connectivity index (χ0n) is 9.51. The van der Waals surface area contributed by atoms with Gasteiger partial charge in [0.1, 0.15) is 5.82 Å². The molecule has 0 aliphatic rings. The zero-order valence-corrected chi connectivity index (χ0v) is 11.9.